The zero-order valence-corrected chi connectivity index (χ0v) is 11.1. The molecule has 0 nitrogen and oxygen atoms in total. The highest BCUT2D eigenvalue weighted by molar-refractivity contribution is 6.11. The van der Waals surface area contributed by atoms with E-state index in [2.05, 4.69) is 32.9 Å². The van der Waals surface area contributed by atoms with Gasteiger partial charge in [0.25, 0.3) is 0 Å². The Labute approximate surface area is 103 Å². The lowest BCUT2D eigenvalue weighted by Gasteiger charge is -2.20. The van der Waals surface area contributed by atoms with Crippen LogP contribution in [0.15, 0.2) is 23.3 Å². The van der Waals surface area contributed by atoms with Crippen LogP contribution in [0.25, 0.3) is 0 Å². The standard InChI is InChI=1S/C15H25B/c1-12-6-4-7-13(2)10-11-14(3)15(16)9-5-8-12/h7-8,14-15H,4-6,9-11H2,1-3H3/b12-8-,13-7-. The molecule has 1 aliphatic rings. The van der Waals surface area contributed by atoms with E-state index in [0.717, 1.165) is 12.8 Å². The smallest absolute Gasteiger partial charge is 0.0703 e. The third-order valence-corrected chi connectivity index (χ3v) is 3.75. The molecular formula is C15H25B. The highest BCUT2D eigenvalue weighted by Crippen LogP contribution is 2.27. The Morgan fingerprint density at radius 2 is 1.62 bits per heavy atom. The quantitative estimate of drug-likeness (QED) is 0.402. The van der Waals surface area contributed by atoms with Crippen LogP contribution in [-0.2, 0) is 0 Å². The van der Waals surface area contributed by atoms with Crippen molar-refractivity contribution in [2.24, 2.45) is 5.92 Å². The van der Waals surface area contributed by atoms with Gasteiger partial charge >= 0.3 is 0 Å². The van der Waals surface area contributed by atoms with Gasteiger partial charge in [0.2, 0.25) is 0 Å². The molecule has 0 saturated heterocycles. The molecular weight excluding hydrogens is 191 g/mol. The molecule has 0 saturated carbocycles. The Balaban J connectivity index is 2.61. The minimum absolute atomic E-state index is 0.372. The summed E-state index contributed by atoms with van der Waals surface area (Å²) in [4.78, 5) is 0. The van der Waals surface area contributed by atoms with Crippen molar-refractivity contribution >= 4 is 7.85 Å². The Hall–Kier alpha value is -0.455. The van der Waals surface area contributed by atoms with Crippen LogP contribution in [0, 0.1) is 5.92 Å². The molecule has 0 fully saturated rings. The highest BCUT2D eigenvalue weighted by atomic mass is 14.1. The van der Waals surface area contributed by atoms with Gasteiger partial charge in [-0.25, -0.2) is 0 Å². The molecule has 0 N–H and O–H groups in total. The van der Waals surface area contributed by atoms with Gasteiger partial charge in [0, 0.05) is 0 Å². The van der Waals surface area contributed by atoms with Crippen LogP contribution < -0.4 is 0 Å². The van der Waals surface area contributed by atoms with Gasteiger partial charge < -0.3 is 0 Å². The van der Waals surface area contributed by atoms with Gasteiger partial charge in [0.15, 0.2) is 0 Å². The first-order valence-electron chi connectivity index (χ1n) is 6.66. The van der Waals surface area contributed by atoms with Crippen LogP contribution in [0.2, 0.25) is 5.82 Å². The average Bonchev–Trinajstić information content (AvgIpc) is 2.24. The fraction of sp³-hybridized carbons (Fsp3) is 0.733. The molecule has 1 aliphatic carbocycles. The summed E-state index contributed by atoms with van der Waals surface area (Å²) in [5, 5.41) is 0. The van der Waals surface area contributed by atoms with Crippen molar-refractivity contribution in [3.63, 3.8) is 0 Å². The fourth-order valence-electron chi connectivity index (χ4n) is 2.23. The van der Waals surface area contributed by atoms with Gasteiger partial charge in [0.05, 0.1) is 7.85 Å². The summed E-state index contributed by atoms with van der Waals surface area (Å²) < 4.78 is 0. The fourth-order valence-corrected chi connectivity index (χ4v) is 2.23. The van der Waals surface area contributed by atoms with Crippen LogP contribution >= 0.6 is 0 Å². The second kappa shape index (κ2) is 6.99. The highest BCUT2D eigenvalue weighted by Gasteiger charge is 2.11. The summed E-state index contributed by atoms with van der Waals surface area (Å²) in [6.45, 7) is 6.78. The molecule has 0 aromatic carbocycles. The van der Waals surface area contributed by atoms with Crippen molar-refractivity contribution < 1.29 is 0 Å². The van der Waals surface area contributed by atoms with E-state index in [4.69, 9.17) is 7.85 Å². The van der Waals surface area contributed by atoms with Crippen molar-refractivity contribution in [3.05, 3.63) is 23.3 Å². The summed E-state index contributed by atoms with van der Waals surface area (Å²) in [5.41, 5.74) is 3.05. The second-order valence-corrected chi connectivity index (χ2v) is 5.40. The van der Waals surface area contributed by atoms with Gasteiger partial charge in [-0.15, -0.1) is 0 Å². The molecule has 1 rings (SSSR count). The Morgan fingerprint density at radius 3 is 2.38 bits per heavy atom. The Kier molecular flexibility index (Phi) is 5.94. The lowest BCUT2D eigenvalue weighted by Crippen LogP contribution is -2.06. The molecule has 0 heterocycles. The number of allylic oxidation sites excluding steroid dienone is 4. The van der Waals surface area contributed by atoms with Crippen LogP contribution in [0.5, 0.6) is 0 Å². The first-order chi connectivity index (χ1) is 7.59. The van der Waals surface area contributed by atoms with Crippen molar-refractivity contribution in [2.75, 3.05) is 0 Å². The topological polar surface area (TPSA) is 0 Å². The molecule has 88 valence electrons. The van der Waals surface area contributed by atoms with E-state index in [-0.39, 0.29) is 0 Å². The third-order valence-electron chi connectivity index (χ3n) is 3.75. The van der Waals surface area contributed by atoms with E-state index in [1.54, 1.807) is 0 Å². The van der Waals surface area contributed by atoms with E-state index in [9.17, 15) is 0 Å². The maximum atomic E-state index is 6.20. The SMILES string of the molecule is [B]C1CC/C=C(/C)CC/C=C(/C)CCC1C. The number of hydrogen-bond donors (Lipinski definition) is 0. The predicted molar refractivity (Wildman–Crippen MR) is 73.9 cm³/mol. The number of rotatable bonds is 0. The van der Waals surface area contributed by atoms with E-state index in [1.807, 2.05) is 0 Å². The second-order valence-electron chi connectivity index (χ2n) is 5.40. The van der Waals surface area contributed by atoms with E-state index in [1.165, 1.54) is 36.8 Å². The van der Waals surface area contributed by atoms with Crippen molar-refractivity contribution in [2.45, 2.75) is 65.1 Å². The molecule has 0 bridgehead atoms. The zero-order chi connectivity index (χ0) is 12.0. The zero-order valence-electron chi connectivity index (χ0n) is 11.1. The first-order valence-corrected chi connectivity index (χ1v) is 6.66. The molecule has 16 heavy (non-hydrogen) atoms. The lowest BCUT2D eigenvalue weighted by atomic mass is 9.72. The Morgan fingerprint density at radius 1 is 1.00 bits per heavy atom. The van der Waals surface area contributed by atoms with Crippen molar-refractivity contribution in [1.29, 1.82) is 0 Å². The van der Waals surface area contributed by atoms with Crippen LogP contribution in [-0.4, -0.2) is 7.85 Å². The van der Waals surface area contributed by atoms with Gasteiger partial charge in [0.1, 0.15) is 0 Å². The molecule has 0 aromatic heterocycles. The van der Waals surface area contributed by atoms with Gasteiger partial charge in [-0.2, -0.15) is 0 Å². The molecule has 0 aliphatic heterocycles. The third kappa shape index (κ3) is 5.05. The van der Waals surface area contributed by atoms with Gasteiger partial charge in [-0.1, -0.05) is 42.5 Å². The van der Waals surface area contributed by atoms with Crippen molar-refractivity contribution in [1.82, 2.24) is 0 Å². The normalized spacial score (nSPS) is 36.2. The molecule has 0 aromatic rings. The van der Waals surface area contributed by atoms with Gasteiger partial charge in [-0.05, 0) is 51.9 Å². The van der Waals surface area contributed by atoms with E-state index >= 15 is 0 Å². The monoisotopic (exact) mass is 216 g/mol. The van der Waals surface area contributed by atoms with E-state index < -0.39 is 0 Å². The van der Waals surface area contributed by atoms with Crippen LogP contribution in [0.3, 0.4) is 0 Å². The minimum atomic E-state index is 0.372. The number of hydrogen-bond acceptors (Lipinski definition) is 0. The van der Waals surface area contributed by atoms with Crippen LogP contribution in [0.4, 0.5) is 0 Å². The lowest BCUT2D eigenvalue weighted by molar-refractivity contribution is 0.475. The predicted octanol–water partition coefficient (Wildman–Crippen LogP) is 4.83. The molecule has 0 amide bonds. The van der Waals surface area contributed by atoms with E-state index in [0.29, 0.717) is 11.7 Å². The molecule has 0 spiro atoms. The first kappa shape index (κ1) is 13.6. The summed E-state index contributed by atoms with van der Waals surface area (Å²) in [6.07, 6.45) is 11.9. The largest absolute Gasteiger partial charge is 0.0856 e. The molecule has 2 unspecified atom stereocenters. The summed E-state index contributed by atoms with van der Waals surface area (Å²) in [7, 11) is 6.20. The molecule has 1 heteroatoms. The minimum Gasteiger partial charge on any atom is -0.0856 e. The van der Waals surface area contributed by atoms with Gasteiger partial charge in [-0.3, -0.25) is 0 Å². The Bertz CT molecular complexity index is 263. The summed E-state index contributed by atoms with van der Waals surface area (Å²) in [6, 6.07) is 0. The maximum absolute atomic E-state index is 6.20. The van der Waals surface area contributed by atoms with Crippen LogP contribution in [0.1, 0.15) is 59.3 Å². The maximum Gasteiger partial charge on any atom is 0.0703 e. The molecule has 2 radical (unpaired) electrons. The summed E-state index contributed by atoms with van der Waals surface area (Å²) in [5.74, 6) is 1.02. The molecule has 2 atom stereocenters. The summed E-state index contributed by atoms with van der Waals surface area (Å²) >= 11 is 0. The average molecular weight is 216 g/mol. The van der Waals surface area contributed by atoms with Crippen molar-refractivity contribution in [3.8, 4) is 0 Å².